The molecule has 1 heteroatoms. The van der Waals surface area contributed by atoms with Crippen molar-refractivity contribution < 1.29 is 4.57 Å². The first-order chi connectivity index (χ1) is 21.5. The molecule has 0 spiro atoms. The Morgan fingerprint density at radius 2 is 1.70 bits per heavy atom. The van der Waals surface area contributed by atoms with Crippen LogP contribution in [0.2, 0.25) is 0 Å². The highest BCUT2D eigenvalue weighted by Gasteiger charge is 2.53. The van der Waals surface area contributed by atoms with Crippen LogP contribution in [0.25, 0.3) is 28.0 Å². The molecule has 3 aliphatic rings. The van der Waals surface area contributed by atoms with E-state index in [1.165, 1.54) is 68.7 Å². The first-order valence-electron chi connectivity index (χ1n) is 16.9. The maximum atomic E-state index is 2.76. The monoisotopic (exact) mass is 576 g/mol. The summed E-state index contributed by atoms with van der Waals surface area (Å²) in [5.74, 6) is 0.901. The number of hydrogen-bond donors (Lipinski definition) is 0. The van der Waals surface area contributed by atoms with Crippen molar-refractivity contribution in [3.05, 3.63) is 143 Å². The summed E-state index contributed by atoms with van der Waals surface area (Å²) >= 11 is 0. The molecule has 2 heterocycles. The highest BCUT2D eigenvalue weighted by atomic mass is 15.1. The number of nitrogens with zero attached hydrogens (tertiary/aromatic N) is 1. The molecule has 7 rings (SSSR count). The Morgan fingerprint density at radius 1 is 0.841 bits per heavy atom. The van der Waals surface area contributed by atoms with Gasteiger partial charge in [-0.1, -0.05) is 105 Å². The van der Waals surface area contributed by atoms with Crippen LogP contribution in [0.3, 0.4) is 0 Å². The van der Waals surface area contributed by atoms with E-state index in [1.807, 2.05) is 0 Å². The van der Waals surface area contributed by atoms with Crippen molar-refractivity contribution in [1.29, 1.82) is 0 Å². The Bertz CT molecular complexity index is 1770. The molecule has 4 unspecified atom stereocenters. The zero-order chi connectivity index (χ0) is 30.3. The van der Waals surface area contributed by atoms with Gasteiger partial charge < -0.3 is 0 Å². The summed E-state index contributed by atoms with van der Waals surface area (Å²) in [6, 6.07) is 32.8. The normalized spacial score (nSPS) is 23.5. The first kappa shape index (κ1) is 28.8. The Morgan fingerprint density at radius 3 is 2.52 bits per heavy atom. The van der Waals surface area contributed by atoms with E-state index in [1.54, 1.807) is 0 Å². The van der Waals surface area contributed by atoms with Crippen molar-refractivity contribution in [2.45, 2.75) is 77.7 Å². The third kappa shape index (κ3) is 4.91. The lowest BCUT2D eigenvalue weighted by Gasteiger charge is -2.45. The van der Waals surface area contributed by atoms with Crippen LogP contribution in [0, 0.1) is 18.8 Å². The van der Waals surface area contributed by atoms with Crippen molar-refractivity contribution in [3.63, 3.8) is 0 Å². The van der Waals surface area contributed by atoms with Crippen LogP contribution in [0.15, 0.2) is 115 Å². The van der Waals surface area contributed by atoms with Crippen LogP contribution in [0.1, 0.15) is 80.4 Å². The lowest BCUT2D eigenvalue weighted by molar-refractivity contribution is -0.738. The van der Waals surface area contributed by atoms with E-state index < -0.39 is 0 Å². The number of hydrogen-bond acceptors (Lipinski definition) is 0. The number of rotatable bonds is 6. The third-order valence-corrected chi connectivity index (χ3v) is 11.0. The maximum Gasteiger partial charge on any atom is 0.213 e. The van der Waals surface area contributed by atoms with Crippen LogP contribution in [-0.2, 0) is 18.3 Å². The summed E-state index contributed by atoms with van der Waals surface area (Å²) in [6.07, 6.45) is 18.8. The first-order valence-corrected chi connectivity index (χ1v) is 16.9. The van der Waals surface area contributed by atoms with Gasteiger partial charge in [0.2, 0.25) is 5.69 Å². The number of aromatic nitrogens is 1. The predicted molar refractivity (Wildman–Crippen MR) is 186 cm³/mol. The van der Waals surface area contributed by atoms with Gasteiger partial charge in [-0.2, -0.15) is 4.57 Å². The molecule has 0 radical (unpaired) electrons. The maximum absolute atomic E-state index is 2.76. The van der Waals surface area contributed by atoms with E-state index in [0.29, 0.717) is 17.9 Å². The molecule has 1 nitrogen and oxygen atoms in total. The average molecular weight is 577 g/mol. The third-order valence-electron chi connectivity index (χ3n) is 11.0. The summed E-state index contributed by atoms with van der Waals surface area (Å²) in [5.41, 5.74) is 14.0. The number of benzene rings is 3. The van der Waals surface area contributed by atoms with Gasteiger partial charge in [0.05, 0.1) is 11.0 Å². The molecule has 3 aromatic carbocycles. The molecule has 1 aromatic heterocycles. The molecule has 4 aromatic rings. The second kappa shape index (κ2) is 11.8. The lowest BCUT2D eigenvalue weighted by Crippen LogP contribution is -2.60. The minimum atomic E-state index is 0.00893. The molecule has 1 aliphatic heterocycles. The zero-order valence-corrected chi connectivity index (χ0v) is 26.9. The zero-order valence-electron chi connectivity index (χ0n) is 26.9. The average Bonchev–Trinajstić information content (AvgIpc) is 3.04. The lowest BCUT2D eigenvalue weighted by atomic mass is 9.61. The Hall–Kier alpha value is -3.97. The second-order valence-electron chi connectivity index (χ2n) is 13.5. The molecular weight excluding hydrogens is 530 g/mol. The fourth-order valence-corrected chi connectivity index (χ4v) is 8.44. The molecule has 0 saturated heterocycles. The van der Waals surface area contributed by atoms with E-state index in [9.17, 15) is 0 Å². The molecule has 2 bridgehead atoms. The number of allylic oxidation sites excluding steroid dienone is 6. The fourth-order valence-electron chi connectivity index (χ4n) is 8.44. The van der Waals surface area contributed by atoms with Crippen molar-refractivity contribution in [2.75, 3.05) is 0 Å². The van der Waals surface area contributed by atoms with Crippen LogP contribution in [0.5, 0.6) is 0 Å². The predicted octanol–water partition coefficient (Wildman–Crippen LogP) is 10.6. The highest BCUT2D eigenvalue weighted by molar-refractivity contribution is 5.80. The van der Waals surface area contributed by atoms with Crippen molar-refractivity contribution in [1.82, 2.24) is 0 Å². The molecule has 4 atom stereocenters. The van der Waals surface area contributed by atoms with Gasteiger partial charge in [0.25, 0.3) is 0 Å². The van der Waals surface area contributed by atoms with Crippen molar-refractivity contribution in [3.8, 4) is 22.4 Å². The molecule has 2 aliphatic carbocycles. The quantitative estimate of drug-likeness (QED) is 0.201. The molecule has 0 amide bonds. The smallest absolute Gasteiger partial charge is 0.192 e. The van der Waals surface area contributed by atoms with Crippen LogP contribution >= 0.6 is 0 Å². The minimum absolute atomic E-state index is 0.00893. The van der Waals surface area contributed by atoms with Gasteiger partial charge in [-0.25, -0.2) is 0 Å². The van der Waals surface area contributed by atoms with E-state index in [0.717, 1.165) is 25.7 Å². The SMILES string of the molecule is CCCCc1ccc2c(c1)-c1cccc(C)[n+]1C(C1Cc3ccc(-c4ccccc4)cc3C3=CCC1C=CC=C3)C2(C)CC. The van der Waals surface area contributed by atoms with Crippen molar-refractivity contribution >= 4 is 5.57 Å². The van der Waals surface area contributed by atoms with Gasteiger partial charge in [-0.15, -0.1) is 0 Å². The summed E-state index contributed by atoms with van der Waals surface area (Å²) < 4.78 is 2.76. The molecular formula is C43H46N+. The van der Waals surface area contributed by atoms with Gasteiger partial charge in [-0.3, -0.25) is 0 Å². The molecule has 222 valence electrons. The molecule has 44 heavy (non-hydrogen) atoms. The molecule has 0 fully saturated rings. The van der Waals surface area contributed by atoms with Crippen LogP contribution in [-0.4, -0.2) is 0 Å². The molecule has 0 saturated carbocycles. The largest absolute Gasteiger partial charge is 0.213 e. The van der Waals surface area contributed by atoms with E-state index >= 15 is 0 Å². The van der Waals surface area contributed by atoms with Gasteiger partial charge in [0, 0.05) is 25.0 Å². The molecule has 0 N–H and O–H groups in total. The van der Waals surface area contributed by atoms with E-state index in [-0.39, 0.29) is 5.41 Å². The van der Waals surface area contributed by atoms with Crippen LogP contribution < -0.4 is 4.57 Å². The van der Waals surface area contributed by atoms with Crippen molar-refractivity contribution in [2.24, 2.45) is 11.8 Å². The Kier molecular flexibility index (Phi) is 7.75. The van der Waals surface area contributed by atoms with Gasteiger partial charge in [0.1, 0.15) is 0 Å². The standard InChI is InChI=1S/C43H46N/c1-5-7-15-31-21-26-40-39(27-31)41-20-13-14-30(3)44(41)42(43(40,4)6-2)38-29-36-25-24-35(32-16-9-8-10-17-32)28-37(36)33-18-11-12-19-34(38)23-22-33/h8-14,16-22,24-28,34,38,42H,5-7,15,23,29H2,1-4H3/q+1. The highest BCUT2D eigenvalue weighted by Crippen LogP contribution is 2.52. The minimum Gasteiger partial charge on any atom is -0.192 e. The summed E-state index contributed by atoms with van der Waals surface area (Å²) in [7, 11) is 0. The van der Waals surface area contributed by atoms with Gasteiger partial charge >= 0.3 is 0 Å². The fraction of sp³-hybridized carbons (Fsp3) is 0.326. The number of pyridine rings is 1. The second-order valence-corrected chi connectivity index (χ2v) is 13.5. The van der Waals surface area contributed by atoms with Crippen LogP contribution in [0.4, 0.5) is 0 Å². The number of unbranched alkanes of at least 4 members (excludes halogenated alkanes) is 1. The Balaban J connectivity index is 1.41. The topological polar surface area (TPSA) is 3.88 Å². The van der Waals surface area contributed by atoms with Gasteiger partial charge in [-0.05, 0) is 102 Å². The summed E-state index contributed by atoms with van der Waals surface area (Å²) in [5, 5.41) is 0. The van der Waals surface area contributed by atoms with E-state index in [2.05, 4.69) is 148 Å². The Labute approximate surface area is 264 Å². The number of fused-ring (bicyclic) bond motifs is 7. The van der Waals surface area contributed by atoms with E-state index in [4.69, 9.17) is 0 Å². The number of aryl methyl sites for hydroxylation is 2. The summed E-state index contributed by atoms with van der Waals surface area (Å²) in [4.78, 5) is 0. The van der Waals surface area contributed by atoms with Gasteiger partial charge in [0.15, 0.2) is 11.7 Å². The summed E-state index contributed by atoms with van der Waals surface area (Å²) in [6.45, 7) is 9.61.